The molecule has 0 aliphatic carbocycles. The number of amides is 6. The van der Waals surface area contributed by atoms with Crippen LogP contribution in [-0.4, -0.2) is 149 Å². The normalized spacial score (nSPS) is 18.3. The number of halogens is 1. The number of rotatable bonds is 21. The Morgan fingerprint density at radius 2 is 1.72 bits per heavy atom. The Bertz CT molecular complexity index is 2850. The van der Waals surface area contributed by atoms with Crippen LogP contribution in [0.25, 0.3) is 11.3 Å². The van der Waals surface area contributed by atoms with Crippen molar-refractivity contribution < 1.29 is 42.6 Å². The summed E-state index contributed by atoms with van der Waals surface area (Å²) in [7, 11) is 3.27. The summed E-state index contributed by atoms with van der Waals surface area (Å²) in [6, 6.07) is 12.2. The van der Waals surface area contributed by atoms with Crippen molar-refractivity contribution >= 4 is 47.1 Å². The van der Waals surface area contributed by atoms with Crippen molar-refractivity contribution in [3.8, 4) is 17.3 Å². The first-order valence-electron chi connectivity index (χ1n) is 26.6. The lowest BCUT2D eigenvalue weighted by molar-refractivity contribution is -0.144. The van der Waals surface area contributed by atoms with Gasteiger partial charge in [0.15, 0.2) is 17.3 Å². The number of likely N-dealkylation sites (N-methyl/N-ethyl adjacent to an activating group) is 1. The molecule has 0 unspecified atom stereocenters. The molecule has 5 heterocycles. The van der Waals surface area contributed by atoms with E-state index in [0.29, 0.717) is 53.3 Å². The van der Waals surface area contributed by atoms with Crippen molar-refractivity contribution in [3.05, 3.63) is 88.6 Å². The molecule has 0 radical (unpaired) electrons. The van der Waals surface area contributed by atoms with Gasteiger partial charge in [-0.15, -0.1) is 0 Å². The molecule has 4 aromatic rings. The van der Waals surface area contributed by atoms with Crippen LogP contribution >= 0.6 is 0 Å². The summed E-state index contributed by atoms with van der Waals surface area (Å²) in [4.78, 5) is 96.0. The smallest absolute Gasteiger partial charge is 0.254 e. The van der Waals surface area contributed by atoms with Crippen molar-refractivity contribution in [1.82, 2.24) is 56.1 Å². The number of nitrogens with one attached hydrogen (secondary N) is 5. The lowest BCUT2D eigenvalue weighted by atomic mass is 9.85. The van der Waals surface area contributed by atoms with Gasteiger partial charge < -0.3 is 56.5 Å². The van der Waals surface area contributed by atoms with Gasteiger partial charge in [0, 0.05) is 51.1 Å². The number of benzene rings is 2. The SMILES string of the molecule is CC[C@H](NC(=O)[C@H]1C[C@@H](NC(=O)CCOCCOCCC(=O)NCCn2nc(C#N)c3c2CN(C)C(=O)c2ccc(F)cc2[C@H]2CCCN2c2nc-3cnc2N)CN1C(=O)[C@H](NC(=O)[C@@H](C)NC)C(C)(C)C)c1ccccc1. The molecule has 0 saturated carbocycles. The number of aromatic nitrogens is 4. The molecular formula is C55H73FN14O8. The molecular weight excluding hydrogens is 1000 g/mol. The van der Waals surface area contributed by atoms with Crippen LogP contribution < -0.4 is 37.2 Å². The lowest BCUT2D eigenvalue weighted by Crippen LogP contribution is -2.59. The summed E-state index contributed by atoms with van der Waals surface area (Å²) in [6.45, 7) is 10.5. The van der Waals surface area contributed by atoms with Gasteiger partial charge >= 0.3 is 0 Å². The van der Waals surface area contributed by atoms with Gasteiger partial charge in [0.25, 0.3) is 5.91 Å². The first kappa shape index (κ1) is 58.1. The fraction of sp³-hybridized carbons (Fsp3) is 0.527. The number of nitrogens with two attached hydrogens (primary N) is 1. The molecule has 3 aliphatic heterocycles. The molecule has 7 rings (SSSR count). The number of likely N-dealkylation sites (tertiary alicyclic amines) is 1. The number of anilines is 2. The fourth-order valence-corrected chi connectivity index (χ4v) is 10.1. The van der Waals surface area contributed by atoms with Gasteiger partial charge in [-0.05, 0) is 74.4 Å². The van der Waals surface area contributed by atoms with Gasteiger partial charge in [0.2, 0.25) is 29.5 Å². The van der Waals surface area contributed by atoms with Crippen LogP contribution in [0.1, 0.15) is 118 Å². The Morgan fingerprint density at radius 3 is 2.40 bits per heavy atom. The van der Waals surface area contributed by atoms with E-state index in [1.54, 1.807) is 25.7 Å². The number of hydrogen-bond donors (Lipinski definition) is 6. The maximum atomic E-state index is 14.8. The molecule has 3 aliphatic rings. The van der Waals surface area contributed by atoms with E-state index in [0.717, 1.165) is 12.0 Å². The lowest BCUT2D eigenvalue weighted by Gasteiger charge is -2.36. The first-order chi connectivity index (χ1) is 37.3. The number of carbonyl (C=O) groups is 6. The molecule has 23 heteroatoms. The van der Waals surface area contributed by atoms with Crippen LogP contribution in [0.15, 0.2) is 54.7 Å². The minimum absolute atomic E-state index is 0.000214. The van der Waals surface area contributed by atoms with Gasteiger partial charge in [-0.3, -0.25) is 33.4 Å². The third-order valence-corrected chi connectivity index (χ3v) is 14.4. The van der Waals surface area contributed by atoms with Crippen LogP contribution in [0.2, 0.25) is 0 Å². The molecule has 7 N–H and O–H groups in total. The molecule has 0 spiro atoms. The Morgan fingerprint density at radius 1 is 1.00 bits per heavy atom. The zero-order valence-electron chi connectivity index (χ0n) is 45.6. The molecule has 2 aromatic heterocycles. The second-order valence-electron chi connectivity index (χ2n) is 21.0. The van der Waals surface area contributed by atoms with Gasteiger partial charge in [0.05, 0.1) is 80.8 Å². The molecule has 6 amide bonds. The molecule has 2 bridgehead atoms. The Balaban J connectivity index is 0.883. The Kier molecular flexibility index (Phi) is 19.5. The number of nitriles is 1. The molecule has 6 atom stereocenters. The van der Waals surface area contributed by atoms with Crippen molar-refractivity contribution in [3.63, 3.8) is 0 Å². The zero-order chi connectivity index (χ0) is 56.3. The molecule has 2 fully saturated rings. The minimum Gasteiger partial charge on any atom is -0.381 e. The molecule has 2 aromatic carbocycles. The van der Waals surface area contributed by atoms with Gasteiger partial charge in [-0.1, -0.05) is 58.0 Å². The molecule has 418 valence electrons. The molecule has 78 heavy (non-hydrogen) atoms. The van der Waals surface area contributed by atoms with Crippen LogP contribution in [0.4, 0.5) is 16.0 Å². The van der Waals surface area contributed by atoms with E-state index < -0.39 is 41.3 Å². The van der Waals surface area contributed by atoms with Crippen molar-refractivity contribution in [2.45, 2.75) is 122 Å². The Hall–Kier alpha value is -7.55. The first-order valence-corrected chi connectivity index (χ1v) is 26.6. The second-order valence-corrected chi connectivity index (χ2v) is 21.0. The van der Waals surface area contributed by atoms with Gasteiger partial charge in [-0.2, -0.15) is 10.4 Å². The topological polar surface area (TPSA) is 284 Å². The highest BCUT2D eigenvalue weighted by Crippen LogP contribution is 2.41. The van der Waals surface area contributed by atoms with E-state index in [9.17, 15) is 38.4 Å². The summed E-state index contributed by atoms with van der Waals surface area (Å²) in [5.41, 5.74) is 8.70. The fourth-order valence-electron chi connectivity index (χ4n) is 10.1. The summed E-state index contributed by atoms with van der Waals surface area (Å²) in [5, 5.41) is 29.6. The predicted molar refractivity (Wildman–Crippen MR) is 287 cm³/mol. The number of nitrogen functional groups attached to an aromatic ring is 1. The van der Waals surface area contributed by atoms with Crippen LogP contribution in [0, 0.1) is 22.6 Å². The number of carbonyl (C=O) groups excluding carboxylic acids is 6. The van der Waals surface area contributed by atoms with E-state index in [1.807, 2.05) is 62.9 Å². The quantitative estimate of drug-likeness (QED) is 0.0653. The maximum Gasteiger partial charge on any atom is 0.254 e. The van der Waals surface area contributed by atoms with E-state index in [2.05, 4.69) is 42.7 Å². The van der Waals surface area contributed by atoms with Crippen molar-refractivity contribution in [2.75, 3.05) is 70.8 Å². The van der Waals surface area contributed by atoms with E-state index >= 15 is 0 Å². The Labute approximate surface area is 454 Å². The van der Waals surface area contributed by atoms with Crippen LogP contribution in [0.3, 0.4) is 0 Å². The average Bonchev–Trinajstić information content (AvgIpc) is 4.17. The summed E-state index contributed by atoms with van der Waals surface area (Å²) in [5.74, 6) is -2.07. The number of nitrogens with zero attached hydrogens (tertiary/aromatic N) is 8. The third-order valence-electron chi connectivity index (χ3n) is 14.4. The van der Waals surface area contributed by atoms with Crippen LogP contribution in [-0.2, 0) is 46.5 Å². The van der Waals surface area contributed by atoms with Gasteiger partial charge in [-0.25, -0.2) is 14.4 Å². The largest absolute Gasteiger partial charge is 0.381 e. The van der Waals surface area contributed by atoms with E-state index in [4.69, 9.17) is 20.2 Å². The number of fused-ring (bicyclic) bond motifs is 8. The van der Waals surface area contributed by atoms with Gasteiger partial charge in [0.1, 0.15) is 24.0 Å². The monoisotopic (exact) mass is 1080 g/mol. The molecule has 22 nitrogen and oxygen atoms in total. The second kappa shape index (κ2) is 26.2. The number of ether oxygens (including phenoxy) is 2. The van der Waals surface area contributed by atoms with E-state index in [-0.39, 0.29) is 125 Å². The third kappa shape index (κ3) is 13.9. The van der Waals surface area contributed by atoms with Crippen molar-refractivity contribution in [1.29, 1.82) is 5.26 Å². The number of hydrogen-bond acceptors (Lipinski definition) is 15. The molecule has 2 saturated heterocycles. The maximum absolute atomic E-state index is 14.8. The minimum atomic E-state index is -0.955. The summed E-state index contributed by atoms with van der Waals surface area (Å²) >= 11 is 0. The zero-order valence-corrected chi connectivity index (χ0v) is 45.6. The standard InChI is InChI=1S/C55H73FN14O8/c1-8-39(34-13-10-9-11-14-34)64-52(74)43-28-36(31-69(43)54(76)48(55(3,4)5)65-51(73)33(2)59-6)62-46(72)19-24-78-26-25-77-23-18-45(71)60-20-22-70-44-32-67(7)53(75)37-17-16-35(56)27-38(37)42-15-12-21-68(42)50-49(58)61-30-41(63-50)47(44)40(29-57)66-70/h9-11,13-14,16-17,27,30,33,36,39,42-43,48,59H,8,12,15,18-26,28,31-32H2,1-7H3,(H2,58,61)(H,60,71)(H,62,72)(H,64,74)(H,65,73)/t33-,36-,39+,42-,43-,48+/m1/s1. The van der Waals surface area contributed by atoms with Crippen LogP contribution in [0.5, 0.6) is 0 Å². The predicted octanol–water partition coefficient (Wildman–Crippen LogP) is 3.28. The van der Waals surface area contributed by atoms with Crippen molar-refractivity contribution in [2.24, 2.45) is 5.41 Å². The highest BCUT2D eigenvalue weighted by atomic mass is 19.1. The average molecular weight is 1080 g/mol. The highest BCUT2D eigenvalue weighted by Gasteiger charge is 2.46. The summed E-state index contributed by atoms with van der Waals surface area (Å²) < 4.78 is 27.6. The van der Waals surface area contributed by atoms with E-state index in [1.165, 1.54) is 34.2 Å². The summed E-state index contributed by atoms with van der Waals surface area (Å²) in [6.07, 6.45) is 3.66. The highest BCUT2D eigenvalue weighted by molar-refractivity contribution is 5.96.